The number of hydrogen-bond acceptors (Lipinski definition) is 5. The highest BCUT2D eigenvalue weighted by Gasteiger charge is 2.28. The van der Waals surface area contributed by atoms with Crippen molar-refractivity contribution in [3.63, 3.8) is 0 Å². The number of carbonyl (C=O) groups excluding carboxylic acids is 1. The van der Waals surface area contributed by atoms with Gasteiger partial charge in [-0.25, -0.2) is 0 Å². The van der Waals surface area contributed by atoms with E-state index in [1.54, 1.807) is 12.1 Å². The molecule has 1 aromatic carbocycles. The van der Waals surface area contributed by atoms with Crippen LogP contribution in [0.15, 0.2) is 24.3 Å². The highest BCUT2D eigenvalue weighted by Crippen LogP contribution is 2.20. The highest BCUT2D eigenvalue weighted by atomic mass is 16.5. The van der Waals surface area contributed by atoms with E-state index in [0.717, 1.165) is 0 Å². The van der Waals surface area contributed by atoms with Crippen LogP contribution in [0.1, 0.15) is 31.9 Å². The Morgan fingerprint density at radius 1 is 1.50 bits per heavy atom. The third-order valence-corrected chi connectivity index (χ3v) is 3.51. The summed E-state index contributed by atoms with van der Waals surface area (Å²) < 4.78 is 5.59. The van der Waals surface area contributed by atoms with E-state index in [2.05, 4.69) is 10.6 Å². The molecule has 1 saturated heterocycles. The number of carbonyl (C=O) groups is 1. The Labute approximate surface area is 130 Å². The molecule has 122 valence electrons. The van der Waals surface area contributed by atoms with E-state index in [1.165, 1.54) is 0 Å². The Morgan fingerprint density at radius 2 is 2.27 bits per heavy atom. The van der Waals surface area contributed by atoms with Gasteiger partial charge in [-0.1, -0.05) is 12.1 Å². The molecule has 1 fully saturated rings. The summed E-state index contributed by atoms with van der Waals surface area (Å²) in [4.78, 5) is 11.9. The van der Waals surface area contributed by atoms with E-state index in [9.17, 15) is 15.0 Å². The van der Waals surface area contributed by atoms with Gasteiger partial charge in [0.25, 0.3) is 0 Å². The molecule has 2 rings (SSSR count). The van der Waals surface area contributed by atoms with Crippen LogP contribution in [0, 0.1) is 0 Å². The number of rotatable bonds is 6. The van der Waals surface area contributed by atoms with Gasteiger partial charge in [0.15, 0.2) is 0 Å². The average Bonchev–Trinajstić information content (AvgIpc) is 2.90. The lowest BCUT2D eigenvalue weighted by molar-refractivity contribution is -0.123. The molecular formula is C16H24N2O4. The zero-order valence-electron chi connectivity index (χ0n) is 13.0. The van der Waals surface area contributed by atoms with Gasteiger partial charge in [-0.2, -0.15) is 0 Å². The molecule has 3 atom stereocenters. The first kappa shape index (κ1) is 16.7. The Balaban J connectivity index is 1.86. The van der Waals surface area contributed by atoms with E-state index in [-0.39, 0.29) is 18.6 Å². The van der Waals surface area contributed by atoms with Gasteiger partial charge in [0.1, 0.15) is 5.75 Å². The second-order valence-electron chi connectivity index (χ2n) is 5.85. The maximum atomic E-state index is 11.9. The summed E-state index contributed by atoms with van der Waals surface area (Å²) in [5.41, 5.74) is 0.692. The summed E-state index contributed by atoms with van der Waals surface area (Å²) in [7, 11) is 0. The van der Waals surface area contributed by atoms with Crippen LogP contribution < -0.4 is 15.4 Å². The Hall–Kier alpha value is -1.63. The highest BCUT2D eigenvalue weighted by molar-refractivity contribution is 5.82. The third kappa shape index (κ3) is 4.69. The standard InChI is InChI=1S/C16H24N2O4/c1-10(2)22-13-5-3-4-11(6-13)15(20)9-18-16(21)14-7-12(19)8-17-14/h3-6,10,12,14-15,17,19-20H,7-9H2,1-2H3,(H,18,21). The van der Waals surface area contributed by atoms with E-state index < -0.39 is 18.2 Å². The average molecular weight is 308 g/mol. The zero-order chi connectivity index (χ0) is 16.1. The van der Waals surface area contributed by atoms with Crippen molar-refractivity contribution < 1.29 is 19.7 Å². The van der Waals surface area contributed by atoms with Crippen molar-refractivity contribution in [2.24, 2.45) is 0 Å². The van der Waals surface area contributed by atoms with Gasteiger partial charge >= 0.3 is 0 Å². The van der Waals surface area contributed by atoms with Crippen LogP contribution in [0.2, 0.25) is 0 Å². The molecule has 4 N–H and O–H groups in total. The Bertz CT molecular complexity index is 507. The molecule has 0 aliphatic carbocycles. The van der Waals surface area contributed by atoms with Gasteiger partial charge in [-0.15, -0.1) is 0 Å². The summed E-state index contributed by atoms with van der Waals surface area (Å²) in [6, 6.07) is 6.82. The molecule has 3 unspecified atom stereocenters. The Kier molecular flexibility index (Phi) is 5.76. The van der Waals surface area contributed by atoms with Crippen LogP contribution in [0.4, 0.5) is 0 Å². The van der Waals surface area contributed by atoms with E-state index in [0.29, 0.717) is 24.3 Å². The molecule has 6 heteroatoms. The smallest absolute Gasteiger partial charge is 0.237 e. The van der Waals surface area contributed by atoms with Gasteiger partial charge in [0, 0.05) is 13.1 Å². The SMILES string of the molecule is CC(C)Oc1cccc(C(O)CNC(=O)C2CC(O)CN2)c1. The minimum atomic E-state index is -0.800. The predicted octanol–water partition coefficient (Wildman–Crippen LogP) is 0.346. The third-order valence-electron chi connectivity index (χ3n) is 3.51. The normalized spacial score (nSPS) is 22.6. The molecule has 1 amide bonds. The number of ether oxygens (including phenoxy) is 1. The van der Waals surface area contributed by atoms with Gasteiger partial charge < -0.3 is 25.6 Å². The second kappa shape index (κ2) is 7.58. The zero-order valence-corrected chi connectivity index (χ0v) is 13.0. The molecule has 0 aromatic heterocycles. The molecule has 1 aromatic rings. The van der Waals surface area contributed by atoms with Crippen LogP contribution in [-0.4, -0.2) is 47.5 Å². The van der Waals surface area contributed by atoms with E-state index in [4.69, 9.17) is 4.74 Å². The number of β-amino-alcohol motifs (C(OH)–C–C–N with tert-alkyl or cyclic N) is 1. The Morgan fingerprint density at radius 3 is 2.91 bits per heavy atom. The minimum Gasteiger partial charge on any atom is -0.491 e. The number of aliphatic hydroxyl groups excluding tert-OH is 2. The maximum Gasteiger partial charge on any atom is 0.237 e. The molecule has 1 heterocycles. The monoisotopic (exact) mass is 308 g/mol. The first-order valence-corrected chi connectivity index (χ1v) is 7.59. The number of benzene rings is 1. The van der Waals surface area contributed by atoms with Crippen molar-refractivity contribution in [2.75, 3.05) is 13.1 Å². The van der Waals surface area contributed by atoms with Crippen LogP contribution >= 0.6 is 0 Å². The molecule has 22 heavy (non-hydrogen) atoms. The molecule has 0 radical (unpaired) electrons. The topological polar surface area (TPSA) is 90.8 Å². The summed E-state index contributed by atoms with van der Waals surface area (Å²) in [5, 5.41) is 25.2. The molecule has 1 aliphatic heterocycles. The van der Waals surface area contributed by atoms with Crippen molar-refractivity contribution in [3.8, 4) is 5.75 Å². The number of aliphatic hydroxyl groups is 2. The molecule has 0 saturated carbocycles. The second-order valence-corrected chi connectivity index (χ2v) is 5.85. The minimum absolute atomic E-state index is 0.0620. The quantitative estimate of drug-likeness (QED) is 0.609. The number of hydrogen-bond donors (Lipinski definition) is 4. The van der Waals surface area contributed by atoms with Crippen molar-refractivity contribution in [1.82, 2.24) is 10.6 Å². The first-order valence-electron chi connectivity index (χ1n) is 7.59. The first-order chi connectivity index (χ1) is 10.5. The van der Waals surface area contributed by atoms with Gasteiger partial charge in [-0.05, 0) is 38.0 Å². The summed E-state index contributed by atoms with van der Waals surface area (Å²) >= 11 is 0. The van der Waals surface area contributed by atoms with Gasteiger partial charge in [0.2, 0.25) is 5.91 Å². The van der Waals surface area contributed by atoms with E-state index in [1.807, 2.05) is 26.0 Å². The van der Waals surface area contributed by atoms with Crippen molar-refractivity contribution in [2.45, 2.75) is 44.6 Å². The predicted molar refractivity (Wildman–Crippen MR) is 82.6 cm³/mol. The van der Waals surface area contributed by atoms with Crippen molar-refractivity contribution in [3.05, 3.63) is 29.8 Å². The fourth-order valence-electron chi connectivity index (χ4n) is 2.42. The van der Waals surface area contributed by atoms with Crippen LogP contribution in [-0.2, 0) is 4.79 Å². The maximum absolute atomic E-state index is 11.9. The fraction of sp³-hybridized carbons (Fsp3) is 0.562. The summed E-state index contributed by atoms with van der Waals surface area (Å²) in [6.45, 7) is 4.42. The van der Waals surface area contributed by atoms with Crippen LogP contribution in [0.25, 0.3) is 0 Å². The van der Waals surface area contributed by atoms with Crippen LogP contribution in [0.5, 0.6) is 5.75 Å². The number of amides is 1. The number of nitrogens with one attached hydrogen (secondary N) is 2. The van der Waals surface area contributed by atoms with E-state index >= 15 is 0 Å². The van der Waals surface area contributed by atoms with Gasteiger partial charge in [-0.3, -0.25) is 4.79 Å². The summed E-state index contributed by atoms with van der Waals surface area (Å²) in [5.74, 6) is 0.489. The van der Waals surface area contributed by atoms with Gasteiger partial charge in [0.05, 0.1) is 24.4 Å². The molecule has 0 spiro atoms. The lowest BCUT2D eigenvalue weighted by Gasteiger charge is -2.16. The van der Waals surface area contributed by atoms with Crippen LogP contribution in [0.3, 0.4) is 0 Å². The molecular weight excluding hydrogens is 284 g/mol. The molecule has 0 bridgehead atoms. The fourth-order valence-corrected chi connectivity index (χ4v) is 2.42. The molecule has 6 nitrogen and oxygen atoms in total. The van der Waals surface area contributed by atoms with Crippen molar-refractivity contribution in [1.29, 1.82) is 0 Å². The molecule has 1 aliphatic rings. The lowest BCUT2D eigenvalue weighted by Crippen LogP contribution is -2.41. The van der Waals surface area contributed by atoms with Crippen molar-refractivity contribution >= 4 is 5.91 Å². The largest absolute Gasteiger partial charge is 0.491 e. The lowest BCUT2D eigenvalue weighted by atomic mass is 10.1. The summed E-state index contributed by atoms with van der Waals surface area (Å²) in [6.07, 6.45) is -0.817.